The lowest BCUT2D eigenvalue weighted by Gasteiger charge is -2.12. The molecule has 0 fully saturated rings. The zero-order valence-corrected chi connectivity index (χ0v) is 12.3. The monoisotopic (exact) mass is 363 g/mol. The number of alkyl halides is 3. The lowest BCUT2D eigenvalue weighted by molar-refractivity contribution is -0.137. The van der Waals surface area contributed by atoms with Gasteiger partial charge in [0.25, 0.3) is 0 Å². The molecule has 0 atom stereocenters. The molecule has 2 rings (SSSR count). The summed E-state index contributed by atoms with van der Waals surface area (Å²) in [6, 6.07) is 5.89. The van der Waals surface area contributed by atoms with E-state index in [1.165, 1.54) is 19.2 Å². The van der Waals surface area contributed by atoms with Crippen molar-refractivity contribution < 1.29 is 17.6 Å². The fourth-order valence-electron chi connectivity index (χ4n) is 1.61. The number of hydrogen-bond donors (Lipinski definition) is 2. The Hall–Kier alpha value is -1.83. The maximum Gasteiger partial charge on any atom is 0.416 e. The van der Waals surface area contributed by atoms with E-state index in [0.717, 1.165) is 18.2 Å². The van der Waals surface area contributed by atoms with E-state index in [9.17, 15) is 17.6 Å². The average Bonchev–Trinajstić information content (AvgIpc) is 2.41. The molecule has 0 aliphatic rings. The third kappa shape index (κ3) is 3.84. The van der Waals surface area contributed by atoms with Crippen molar-refractivity contribution in [1.29, 1.82) is 0 Å². The standard InChI is InChI=1S/C13H10BrF4N3/c1-19-11-4-7(13(16,17)18)5-12(21-11)20-8-2-3-9(14)10(15)6-8/h2-6H,1H3,(H2,19,20,21). The fraction of sp³-hybridized carbons (Fsp3) is 0.154. The molecule has 8 heteroatoms. The van der Waals surface area contributed by atoms with E-state index in [1.807, 2.05) is 0 Å². The number of benzene rings is 1. The molecular formula is C13H10BrF4N3. The number of hydrogen-bond acceptors (Lipinski definition) is 3. The van der Waals surface area contributed by atoms with Crippen LogP contribution in [0, 0.1) is 5.82 Å². The molecule has 0 spiro atoms. The minimum Gasteiger partial charge on any atom is -0.373 e. The largest absolute Gasteiger partial charge is 0.416 e. The molecule has 112 valence electrons. The number of halogens is 5. The van der Waals surface area contributed by atoms with Crippen LogP contribution in [0.25, 0.3) is 0 Å². The molecule has 1 heterocycles. The molecule has 0 saturated carbocycles. The summed E-state index contributed by atoms with van der Waals surface area (Å²) < 4.78 is 52.0. The Morgan fingerprint density at radius 3 is 2.33 bits per heavy atom. The highest BCUT2D eigenvalue weighted by Gasteiger charge is 2.31. The zero-order chi connectivity index (χ0) is 15.6. The van der Waals surface area contributed by atoms with Crippen LogP contribution in [0.15, 0.2) is 34.8 Å². The van der Waals surface area contributed by atoms with Crippen molar-refractivity contribution in [2.45, 2.75) is 6.18 Å². The first-order valence-corrected chi connectivity index (χ1v) is 6.58. The van der Waals surface area contributed by atoms with Gasteiger partial charge in [-0.15, -0.1) is 0 Å². The molecule has 0 aliphatic heterocycles. The van der Waals surface area contributed by atoms with Gasteiger partial charge in [0.05, 0.1) is 10.0 Å². The average molecular weight is 364 g/mol. The van der Waals surface area contributed by atoms with Gasteiger partial charge in [-0.05, 0) is 46.3 Å². The molecular weight excluding hydrogens is 354 g/mol. The maximum absolute atomic E-state index is 13.4. The van der Waals surface area contributed by atoms with Gasteiger partial charge in [0.15, 0.2) is 0 Å². The van der Waals surface area contributed by atoms with Gasteiger partial charge in [0.2, 0.25) is 0 Å². The minimum atomic E-state index is -4.49. The first kappa shape index (κ1) is 15.6. The number of anilines is 3. The number of nitrogens with one attached hydrogen (secondary N) is 2. The van der Waals surface area contributed by atoms with Crippen molar-refractivity contribution in [2.24, 2.45) is 0 Å². The van der Waals surface area contributed by atoms with Crippen molar-refractivity contribution >= 4 is 33.3 Å². The fourth-order valence-corrected chi connectivity index (χ4v) is 1.85. The van der Waals surface area contributed by atoms with E-state index in [1.54, 1.807) is 0 Å². The molecule has 2 N–H and O–H groups in total. The lowest BCUT2D eigenvalue weighted by Crippen LogP contribution is -2.08. The van der Waals surface area contributed by atoms with Gasteiger partial charge in [0, 0.05) is 12.7 Å². The van der Waals surface area contributed by atoms with E-state index < -0.39 is 17.6 Å². The van der Waals surface area contributed by atoms with E-state index in [4.69, 9.17) is 0 Å². The molecule has 21 heavy (non-hydrogen) atoms. The van der Waals surface area contributed by atoms with Gasteiger partial charge in [-0.1, -0.05) is 0 Å². The van der Waals surface area contributed by atoms with E-state index in [-0.39, 0.29) is 16.1 Å². The van der Waals surface area contributed by atoms with Crippen molar-refractivity contribution in [3.63, 3.8) is 0 Å². The van der Waals surface area contributed by atoms with Crippen LogP contribution in [0.1, 0.15) is 5.56 Å². The second-order valence-corrected chi connectivity index (χ2v) is 4.98. The molecule has 1 aromatic heterocycles. The molecule has 2 aromatic rings. The van der Waals surface area contributed by atoms with Crippen LogP contribution in [0.4, 0.5) is 34.9 Å². The van der Waals surface area contributed by atoms with Crippen LogP contribution < -0.4 is 10.6 Å². The topological polar surface area (TPSA) is 37.0 Å². The number of pyridine rings is 1. The molecule has 0 bridgehead atoms. The summed E-state index contributed by atoms with van der Waals surface area (Å²) in [4.78, 5) is 3.96. The number of aromatic nitrogens is 1. The molecule has 0 aliphatic carbocycles. The van der Waals surface area contributed by atoms with Gasteiger partial charge < -0.3 is 10.6 Å². The Kier molecular flexibility index (Phi) is 4.36. The molecule has 0 unspecified atom stereocenters. The van der Waals surface area contributed by atoms with Crippen molar-refractivity contribution in [3.05, 3.63) is 46.2 Å². The first-order valence-electron chi connectivity index (χ1n) is 5.78. The molecule has 0 saturated heterocycles. The summed E-state index contributed by atoms with van der Waals surface area (Å²) in [5.74, 6) is -0.498. The van der Waals surface area contributed by atoms with Crippen LogP contribution in [-0.2, 0) is 6.18 Å². The highest BCUT2D eigenvalue weighted by atomic mass is 79.9. The van der Waals surface area contributed by atoms with Gasteiger partial charge in [-0.25, -0.2) is 9.37 Å². The van der Waals surface area contributed by atoms with E-state index >= 15 is 0 Å². The van der Waals surface area contributed by atoms with Crippen molar-refractivity contribution in [2.75, 3.05) is 17.7 Å². The smallest absolute Gasteiger partial charge is 0.373 e. The number of nitrogens with zero attached hydrogens (tertiary/aromatic N) is 1. The van der Waals surface area contributed by atoms with E-state index in [2.05, 4.69) is 31.5 Å². The van der Waals surface area contributed by atoms with Crippen LogP contribution in [0.2, 0.25) is 0 Å². The molecule has 1 aromatic carbocycles. The Bertz CT molecular complexity index is 658. The number of rotatable bonds is 3. The molecule has 0 amide bonds. The first-order chi connectivity index (χ1) is 9.79. The Morgan fingerprint density at radius 2 is 1.76 bits per heavy atom. The molecule has 3 nitrogen and oxygen atoms in total. The highest BCUT2D eigenvalue weighted by molar-refractivity contribution is 9.10. The predicted octanol–water partition coefficient (Wildman–Crippen LogP) is 4.79. The van der Waals surface area contributed by atoms with Crippen LogP contribution in [0.3, 0.4) is 0 Å². The maximum atomic E-state index is 13.4. The summed E-state index contributed by atoms with van der Waals surface area (Å²) in [7, 11) is 1.46. The van der Waals surface area contributed by atoms with Crippen molar-refractivity contribution in [3.8, 4) is 0 Å². The second-order valence-electron chi connectivity index (χ2n) is 4.13. The zero-order valence-electron chi connectivity index (χ0n) is 10.7. The SMILES string of the molecule is CNc1cc(C(F)(F)F)cc(Nc2ccc(Br)c(F)c2)n1. The normalized spacial score (nSPS) is 11.3. The van der Waals surface area contributed by atoms with Gasteiger partial charge in [-0.2, -0.15) is 13.2 Å². The molecule has 0 radical (unpaired) electrons. The second kappa shape index (κ2) is 5.88. The van der Waals surface area contributed by atoms with Gasteiger partial charge in [-0.3, -0.25) is 0 Å². The Labute approximate surface area is 126 Å². The third-order valence-electron chi connectivity index (χ3n) is 2.60. The summed E-state index contributed by atoms with van der Waals surface area (Å²) in [5, 5.41) is 5.20. The Balaban J connectivity index is 2.36. The quantitative estimate of drug-likeness (QED) is 0.770. The third-order valence-corrected chi connectivity index (χ3v) is 3.24. The summed E-state index contributed by atoms with van der Waals surface area (Å²) in [5.41, 5.74) is -0.550. The van der Waals surface area contributed by atoms with Crippen LogP contribution >= 0.6 is 15.9 Å². The summed E-state index contributed by atoms with van der Waals surface area (Å²) in [6.45, 7) is 0. The van der Waals surface area contributed by atoms with Gasteiger partial charge >= 0.3 is 6.18 Å². The minimum absolute atomic E-state index is 0.0316. The summed E-state index contributed by atoms with van der Waals surface area (Å²) >= 11 is 3.00. The Morgan fingerprint density at radius 1 is 1.10 bits per heavy atom. The van der Waals surface area contributed by atoms with Crippen molar-refractivity contribution in [1.82, 2.24) is 4.98 Å². The summed E-state index contributed by atoms with van der Waals surface area (Å²) in [6.07, 6.45) is -4.49. The van der Waals surface area contributed by atoms with Crippen LogP contribution in [-0.4, -0.2) is 12.0 Å². The lowest BCUT2D eigenvalue weighted by atomic mass is 10.2. The van der Waals surface area contributed by atoms with Gasteiger partial charge in [0.1, 0.15) is 17.5 Å². The highest BCUT2D eigenvalue weighted by Crippen LogP contribution is 2.32. The predicted molar refractivity (Wildman–Crippen MR) is 76.2 cm³/mol. The van der Waals surface area contributed by atoms with E-state index in [0.29, 0.717) is 5.69 Å². The van der Waals surface area contributed by atoms with Crippen LogP contribution in [0.5, 0.6) is 0 Å².